The number of benzene rings is 1. The van der Waals surface area contributed by atoms with E-state index < -0.39 is 0 Å². The van der Waals surface area contributed by atoms with E-state index in [0.717, 1.165) is 58.2 Å². The number of hydrogen-bond donors (Lipinski definition) is 3. The summed E-state index contributed by atoms with van der Waals surface area (Å²) in [5, 5.41) is 15.7. The summed E-state index contributed by atoms with van der Waals surface area (Å²) in [6, 6.07) is 7.70. The number of phenols is 1. The van der Waals surface area contributed by atoms with Gasteiger partial charge >= 0.3 is 0 Å². The van der Waals surface area contributed by atoms with Crippen LogP contribution in [0.15, 0.2) is 24.3 Å². The number of rotatable bonds is 7. The molecule has 2 atom stereocenters. The van der Waals surface area contributed by atoms with E-state index in [9.17, 15) is 14.7 Å². The lowest BCUT2D eigenvalue weighted by atomic mass is 9.68. The maximum atomic E-state index is 12.5. The average Bonchev–Trinajstić information content (AvgIpc) is 2.75. The van der Waals surface area contributed by atoms with Crippen molar-refractivity contribution < 1.29 is 14.7 Å². The van der Waals surface area contributed by atoms with Gasteiger partial charge in [-0.25, -0.2) is 0 Å². The van der Waals surface area contributed by atoms with Gasteiger partial charge in [-0.3, -0.25) is 9.59 Å². The third-order valence-electron chi connectivity index (χ3n) is 7.79. The van der Waals surface area contributed by atoms with Crippen molar-refractivity contribution in [2.45, 2.75) is 76.2 Å². The van der Waals surface area contributed by atoms with E-state index in [1.165, 1.54) is 12.0 Å². The van der Waals surface area contributed by atoms with Crippen molar-refractivity contribution in [1.29, 1.82) is 0 Å². The second kappa shape index (κ2) is 10.0. The molecule has 0 spiro atoms. The number of phenolic OH excluding ortho intramolecular Hbond substituents is 1. The highest BCUT2D eigenvalue weighted by molar-refractivity contribution is 5.97. The Labute approximate surface area is 186 Å². The molecule has 6 heteroatoms. The quantitative estimate of drug-likeness (QED) is 0.581. The van der Waals surface area contributed by atoms with Crippen LogP contribution in [0.5, 0.6) is 5.75 Å². The fourth-order valence-corrected chi connectivity index (χ4v) is 5.42. The van der Waals surface area contributed by atoms with Crippen molar-refractivity contribution in [2.24, 2.45) is 5.92 Å². The third kappa shape index (κ3) is 5.79. The first-order valence-corrected chi connectivity index (χ1v) is 11.8. The highest BCUT2D eigenvalue weighted by atomic mass is 16.3. The molecule has 172 valence electrons. The third-order valence-corrected chi connectivity index (χ3v) is 7.79. The molecule has 3 N–H and O–H groups in total. The van der Waals surface area contributed by atoms with Gasteiger partial charge in [-0.15, -0.1) is 0 Å². The van der Waals surface area contributed by atoms with Gasteiger partial charge < -0.3 is 20.6 Å². The van der Waals surface area contributed by atoms with Gasteiger partial charge in [0.25, 0.3) is 0 Å². The topological polar surface area (TPSA) is 81.7 Å². The summed E-state index contributed by atoms with van der Waals surface area (Å²) in [6.07, 6.45) is 7.36. The maximum Gasteiger partial charge on any atom is 0.229 e. The Morgan fingerprint density at radius 1 is 1.16 bits per heavy atom. The minimum absolute atomic E-state index is 0.0551. The van der Waals surface area contributed by atoms with Crippen LogP contribution in [-0.4, -0.2) is 54.0 Å². The lowest BCUT2D eigenvalue weighted by molar-refractivity contribution is -0.130. The van der Waals surface area contributed by atoms with E-state index in [-0.39, 0.29) is 29.2 Å². The molecule has 0 aromatic heterocycles. The first kappa shape index (κ1) is 23.6. The van der Waals surface area contributed by atoms with Crippen molar-refractivity contribution in [3.05, 3.63) is 29.8 Å². The molecule has 1 aliphatic carbocycles. The minimum Gasteiger partial charge on any atom is -0.508 e. The largest absolute Gasteiger partial charge is 0.508 e. The number of carbonyl (C=O) groups excluding carboxylic acids is 2. The van der Waals surface area contributed by atoms with E-state index in [1.54, 1.807) is 13.1 Å². The summed E-state index contributed by atoms with van der Waals surface area (Å²) in [5.74, 6) is 0.401. The number of likely N-dealkylation sites (tertiary alicyclic amines) is 1. The van der Waals surface area contributed by atoms with Crippen molar-refractivity contribution in [3.63, 3.8) is 0 Å². The lowest BCUT2D eigenvalue weighted by Gasteiger charge is -2.46. The van der Waals surface area contributed by atoms with Crippen LogP contribution in [-0.2, 0) is 15.0 Å². The highest BCUT2D eigenvalue weighted by Gasteiger charge is 2.39. The summed E-state index contributed by atoms with van der Waals surface area (Å²) in [5.41, 5.74) is 1.09. The molecule has 2 unspecified atom stereocenters. The average molecular weight is 430 g/mol. The predicted molar refractivity (Wildman–Crippen MR) is 123 cm³/mol. The van der Waals surface area contributed by atoms with Gasteiger partial charge in [0.15, 0.2) is 0 Å². The van der Waals surface area contributed by atoms with Gasteiger partial charge in [-0.05, 0) is 61.3 Å². The van der Waals surface area contributed by atoms with E-state index >= 15 is 0 Å². The standard InChI is InChI=1S/C25H39N3O3/c1-19-18-28(14-12-24(19,2)20-8-7-9-21(29)16-20)15-13-25(10-5-4-6-11-25)27-23(31)17-22(30)26-3/h7-9,16,19,29H,4-6,10-15,17-18H2,1-3H3,(H,26,30)(H,27,31). The first-order valence-electron chi connectivity index (χ1n) is 11.8. The fraction of sp³-hybridized carbons (Fsp3) is 0.680. The Kier molecular flexibility index (Phi) is 7.63. The predicted octanol–water partition coefficient (Wildman–Crippen LogP) is 3.34. The second-order valence-corrected chi connectivity index (χ2v) is 9.91. The molecular formula is C25H39N3O3. The fourth-order valence-electron chi connectivity index (χ4n) is 5.42. The molecule has 1 saturated heterocycles. The molecule has 2 aliphatic rings. The number of nitrogens with zero attached hydrogens (tertiary/aromatic N) is 1. The Balaban J connectivity index is 1.60. The molecule has 0 bridgehead atoms. The molecule has 31 heavy (non-hydrogen) atoms. The zero-order valence-electron chi connectivity index (χ0n) is 19.4. The van der Waals surface area contributed by atoms with Crippen LogP contribution in [0.1, 0.15) is 70.8 Å². The van der Waals surface area contributed by atoms with Gasteiger partial charge in [-0.2, -0.15) is 0 Å². The van der Waals surface area contributed by atoms with Crippen LogP contribution >= 0.6 is 0 Å². The molecule has 1 aromatic carbocycles. The van der Waals surface area contributed by atoms with Crippen LogP contribution in [0, 0.1) is 5.92 Å². The van der Waals surface area contributed by atoms with Crippen LogP contribution in [0.2, 0.25) is 0 Å². The molecule has 2 amide bonds. The van der Waals surface area contributed by atoms with Crippen molar-refractivity contribution in [1.82, 2.24) is 15.5 Å². The summed E-state index contributed by atoms with van der Waals surface area (Å²) in [4.78, 5) is 26.6. The summed E-state index contributed by atoms with van der Waals surface area (Å²) in [6.45, 7) is 7.59. The molecule has 1 aromatic rings. The van der Waals surface area contributed by atoms with E-state index in [1.807, 2.05) is 12.1 Å². The molecule has 1 aliphatic heterocycles. The SMILES string of the molecule is CNC(=O)CC(=O)NC1(CCN2CCC(C)(c3cccc(O)c3)C(C)C2)CCCCC1. The lowest BCUT2D eigenvalue weighted by Crippen LogP contribution is -2.53. The van der Waals surface area contributed by atoms with Gasteiger partial charge in [-0.1, -0.05) is 45.2 Å². The van der Waals surface area contributed by atoms with Crippen LogP contribution in [0.4, 0.5) is 0 Å². The van der Waals surface area contributed by atoms with E-state index in [4.69, 9.17) is 0 Å². The number of carbonyl (C=O) groups is 2. The van der Waals surface area contributed by atoms with Gasteiger partial charge in [0.05, 0.1) is 0 Å². The van der Waals surface area contributed by atoms with E-state index in [0.29, 0.717) is 11.7 Å². The van der Waals surface area contributed by atoms with Gasteiger partial charge in [0.2, 0.25) is 11.8 Å². The smallest absolute Gasteiger partial charge is 0.229 e. The molecule has 1 heterocycles. The zero-order chi connectivity index (χ0) is 22.5. The molecule has 3 rings (SSSR count). The summed E-state index contributed by atoms with van der Waals surface area (Å²) < 4.78 is 0. The van der Waals surface area contributed by atoms with Crippen LogP contribution in [0.3, 0.4) is 0 Å². The Morgan fingerprint density at radius 2 is 1.90 bits per heavy atom. The molecular weight excluding hydrogens is 390 g/mol. The molecule has 2 fully saturated rings. The monoisotopic (exact) mass is 429 g/mol. The van der Waals surface area contributed by atoms with Crippen LogP contribution in [0.25, 0.3) is 0 Å². The second-order valence-electron chi connectivity index (χ2n) is 9.91. The normalized spacial score (nSPS) is 26.2. The number of nitrogens with one attached hydrogen (secondary N) is 2. The minimum atomic E-state index is -0.237. The Bertz CT molecular complexity index is 775. The van der Waals surface area contributed by atoms with Crippen molar-refractivity contribution >= 4 is 11.8 Å². The molecule has 1 saturated carbocycles. The van der Waals surface area contributed by atoms with Crippen molar-refractivity contribution in [3.8, 4) is 5.75 Å². The maximum absolute atomic E-state index is 12.5. The summed E-state index contributed by atoms with van der Waals surface area (Å²) in [7, 11) is 1.56. The Hall–Kier alpha value is -2.08. The molecule has 6 nitrogen and oxygen atoms in total. The van der Waals surface area contributed by atoms with E-state index in [2.05, 4.69) is 35.4 Å². The van der Waals surface area contributed by atoms with Crippen LogP contribution < -0.4 is 10.6 Å². The Morgan fingerprint density at radius 3 is 2.55 bits per heavy atom. The van der Waals surface area contributed by atoms with Crippen molar-refractivity contribution in [2.75, 3.05) is 26.7 Å². The number of piperidine rings is 1. The number of hydrogen-bond acceptors (Lipinski definition) is 4. The molecule has 0 radical (unpaired) electrons. The first-order chi connectivity index (χ1) is 14.8. The summed E-state index contributed by atoms with van der Waals surface area (Å²) >= 11 is 0. The highest BCUT2D eigenvalue weighted by Crippen LogP contribution is 2.40. The number of aromatic hydroxyl groups is 1. The number of amides is 2. The van der Waals surface area contributed by atoms with Gasteiger partial charge in [0.1, 0.15) is 12.2 Å². The van der Waals surface area contributed by atoms with Gasteiger partial charge in [0, 0.05) is 25.7 Å². The zero-order valence-corrected chi connectivity index (χ0v) is 19.4.